The second kappa shape index (κ2) is 6.15. The summed E-state index contributed by atoms with van der Waals surface area (Å²) in [5.41, 5.74) is 1.02. The highest BCUT2D eigenvalue weighted by Gasteiger charge is 2.07. The third-order valence-corrected chi connectivity index (χ3v) is 3.72. The monoisotopic (exact) mass is 268 g/mol. The van der Waals surface area contributed by atoms with Gasteiger partial charge in [-0.05, 0) is 35.9 Å². The predicted molar refractivity (Wildman–Crippen MR) is 70.6 cm³/mol. The predicted octanol–water partition coefficient (Wildman–Crippen LogP) is 3.63. The van der Waals surface area contributed by atoms with E-state index in [-0.39, 0.29) is 6.10 Å². The lowest BCUT2D eigenvalue weighted by molar-refractivity contribution is 0.200. The van der Waals surface area contributed by atoms with Gasteiger partial charge in [0.15, 0.2) is 0 Å². The molecule has 0 saturated carbocycles. The Labute approximate surface area is 110 Å². The number of hydrogen-bond donors (Lipinski definition) is 1. The van der Waals surface area contributed by atoms with Crippen molar-refractivity contribution in [3.63, 3.8) is 0 Å². The van der Waals surface area contributed by atoms with Crippen LogP contribution < -0.4 is 0 Å². The van der Waals surface area contributed by atoms with Gasteiger partial charge in [-0.1, -0.05) is 11.6 Å². The topological polar surface area (TPSA) is 33.4 Å². The number of benzene rings is 1. The van der Waals surface area contributed by atoms with Gasteiger partial charge in [0, 0.05) is 22.1 Å². The molecule has 1 aromatic heterocycles. The molecule has 17 heavy (non-hydrogen) atoms. The fourth-order valence-corrected chi connectivity index (χ4v) is 2.42. The maximum atomic E-state index is 9.85. The van der Waals surface area contributed by atoms with Crippen molar-refractivity contribution in [3.05, 3.63) is 53.4 Å². The number of aliphatic hydroxyl groups excluding tert-OH is 1. The molecule has 0 spiro atoms. The lowest BCUT2D eigenvalue weighted by atomic mass is 10.2. The molecule has 0 aliphatic heterocycles. The van der Waals surface area contributed by atoms with Crippen LogP contribution in [0.15, 0.2) is 52.2 Å². The van der Waals surface area contributed by atoms with Crippen molar-refractivity contribution < 1.29 is 9.52 Å². The Morgan fingerprint density at radius 1 is 1.24 bits per heavy atom. The zero-order valence-electron chi connectivity index (χ0n) is 9.17. The van der Waals surface area contributed by atoms with Crippen LogP contribution in [0.2, 0.25) is 5.02 Å². The molecule has 0 amide bonds. The van der Waals surface area contributed by atoms with Gasteiger partial charge in [0.1, 0.15) is 0 Å². The molecule has 1 N–H and O–H groups in total. The van der Waals surface area contributed by atoms with E-state index in [9.17, 15) is 5.11 Å². The first-order valence-corrected chi connectivity index (χ1v) is 6.68. The van der Waals surface area contributed by atoms with Crippen LogP contribution in [0.4, 0.5) is 0 Å². The maximum absolute atomic E-state index is 9.85. The zero-order valence-corrected chi connectivity index (χ0v) is 10.7. The first-order valence-electron chi connectivity index (χ1n) is 5.31. The number of rotatable bonds is 5. The van der Waals surface area contributed by atoms with E-state index in [1.807, 2.05) is 30.3 Å². The third kappa shape index (κ3) is 4.11. The van der Waals surface area contributed by atoms with Gasteiger partial charge in [-0.2, -0.15) is 0 Å². The number of aliphatic hydroxyl groups is 1. The molecule has 0 aliphatic carbocycles. The average molecular weight is 269 g/mol. The summed E-state index contributed by atoms with van der Waals surface area (Å²) in [4.78, 5) is 1.11. The molecular weight excluding hydrogens is 256 g/mol. The van der Waals surface area contributed by atoms with Crippen LogP contribution in [0.1, 0.15) is 5.56 Å². The van der Waals surface area contributed by atoms with Crippen molar-refractivity contribution in [3.8, 4) is 0 Å². The summed E-state index contributed by atoms with van der Waals surface area (Å²) in [6, 6.07) is 9.49. The normalized spacial score (nSPS) is 12.6. The quantitative estimate of drug-likeness (QED) is 0.841. The fourth-order valence-electron chi connectivity index (χ4n) is 1.46. The van der Waals surface area contributed by atoms with Gasteiger partial charge in [-0.3, -0.25) is 0 Å². The molecule has 90 valence electrons. The molecule has 1 atom stereocenters. The van der Waals surface area contributed by atoms with Gasteiger partial charge < -0.3 is 9.52 Å². The molecule has 1 heterocycles. The lowest BCUT2D eigenvalue weighted by Crippen LogP contribution is -2.12. The molecule has 2 rings (SSSR count). The summed E-state index contributed by atoms with van der Waals surface area (Å²) < 4.78 is 4.96. The van der Waals surface area contributed by atoms with Crippen molar-refractivity contribution in [1.82, 2.24) is 0 Å². The van der Waals surface area contributed by atoms with E-state index < -0.39 is 0 Å². The largest absolute Gasteiger partial charge is 0.472 e. The maximum Gasteiger partial charge on any atom is 0.0935 e. The van der Waals surface area contributed by atoms with Crippen LogP contribution in [0.5, 0.6) is 0 Å². The van der Waals surface area contributed by atoms with Gasteiger partial charge in [0.05, 0.1) is 18.6 Å². The number of halogens is 1. The van der Waals surface area contributed by atoms with E-state index in [1.165, 1.54) is 0 Å². The van der Waals surface area contributed by atoms with E-state index in [2.05, 4.69) is 0 Å². The van der Waals surface area contributed by atoms with Gasteiger partial charge in [0.2, 0.25) is 0 Å². The fraction of sp³-hybridized carbons (Fsp3) is 0.231. The second-order valence-electron chi connectivity index (χ2n) is 3.75. The Morgan fingerprint density at radius 2 is 2.00 bits per heavy atom. The van der Waals surface area contributed by atoms with Crippen LogP contribution in [0.25, 0.3) is 0 Å². The minimum absolute atomic E-state index is 0.367. The lowest BCUT2D eigenvalue weighted by Gasteiger charge is -2.08. The summed E-state index contributed by atoms with van der Waals surface area (Å²) >= 11 is 7.42. The van der Waals surface area contributed by atoms with Crippen molar-refractivity contribution >= 4 is 23.4 Å². The molecule has 0 fully saturated rings. The summed E-state index contributed by atoms with van der Waals surface area (Å²) in [5.74, 6) is 0.660. The minimum atomic E-state index is -0.367. The van der Waals surface area contributed by atoms with Crippen molar-refractivity contribution in [2.45, 2.75) is 17.4 Å². The molecule has 0 saturated heterocycles. The third-order valence-electron chi connectivity index (χ3n) is 2.31. The first kappa shape index (κ1) is 12.6. The van der Waals surface area contributed by atoms with Crippen LogP contribution in [-0.2, 0) is 6.42 Å². The van der Waals surface area contributed by atoms with Crippen LogP contribution in [0, 0.1) is 0 Å². The van der Waals surface area contributed by atoms with Crippen molar-refractivity contribution in [2.75, 3.05) is 5.75 Å². The summed E-state index contributed by atoms with van der Waals surface area (Å²) in [6.45, 7) is 0. The van der Waals surface area contributed by atoms with Crippen LogP contribution in [0.3, 0.4) is 0 Å². The molecule has 0 radical (unpaired) electrons. The Morgan fingerprint density at radius 3 is 2.65 bits per heavy atom. The van der Waals surface area contributed by atoms with E-state index in [4.69, 9.17) is 16.0 Å². The van der Waals surface area contributed by atoms with Crippen LogP contribution in [-0.4, -0.2) is 17.0 Å². The minimum Gasteiger partial charge on any atom is -0.472 e. The summed E-state index contributed by atoms with van der Waals surface area (Å²) in [7, 11) is 0. The zero-order chi connectivity index (χ0) is 12.1. The Balaban J connectivity index is 1.79. The number of hydrogen-bond acceptors (Lipinski definition) is 3. The standard InChI is InChI=1S/C13H13ClO2S/c14-11-1-3-13(4-2-11)17-9-12(15)7-10-5-6-16-8-10/h1-6,8,12,15H,7,9H2. The van der Waals surface area contributed by atoms with E-state index in [1.54, 1.807) is 24.3 Å². The first-order chi connectivity index (χ1) is 8.24. The Hall–Kier alpha value is -0.900. The second-order valence-corrected chi connectivity index (χ2v) is 5.28. The molecule has 4 heteroatoms. The molecule has 1 aromatic carbocycles. The van der Waals surface area contributed by atoms with Gasteiger partial charge in [-0.15, -0.1) is 11.8 Å². The van der Waals surface area contributed by atoms with E-state index >= 15 is 0 Å². The molecule has 0 aliphatic rings. The van der Waals surface area contributed by atoms with E-state index in [0.717, 1.165) is 15.5 Å². The van der Waals surface area contributed by atoms with Crippen molar-refractivity contribution in [2.24, 2.45) is 0 Å². The smallest absolute Gasteiger partial charge is 0.0935 e. The SMILES string of the molecule is OC(CSc1ccc(Cl)cc1)Cc1ccoc1. The average Bonchev–Trinajstić information content (AvgIpc) is 2.81. The van der Waals surface area contributed by atoms with E-state index in [0.29, 0.717) is 12.2 Å². The molecule has 2 nitrogen and oxygen atoms in total. The molecule has 2 aromatic rings. The molecule has 1 unspecified atom stereocenters. The molecule has 0 bridgehead atoms. The highest BCUT2D eigenvalue weighted by molar-refractivity contribution is 7.99. The van der Waals surface area contributed by atoms with Gasteiger partial charge in [-0.25, -0.2) is 0 Å². The van der Waals surface area contributed by atoms with Crippen molar-refractivity contribution in [1.29, 1.82) is 0 Å². The molecular formula is C13H13ClO2S. The van der Waals surface area contributed by atoms with Gasteiger partial charge in [0.25, 0.3) is 0 Å². The Kier molecular flexibility index (Phi) is 4.54. The Bertz CT molecular complexity index is 439. The summed E-state index contributed by atoms with van der Waals surface area (Å²) in [6.07, 6.45) is 3.54. The summed E-state index contributed by atoms with van der Waals surface area (Å²) in [5, 5.41) is 10.6. The number of thioether (sulfide) groups is 1. The highest BCUT2D eigenvalue weighted by Crippen LogP contribution is 2.21. The number of furan rings is 1. The highest BCUT2D eigenvalue weighted by atomic mass is 35.5. The van der Waals surface area contributed by atoms with Gasteiger partial charge >= 0.3 is 0 Å². The van der Waals surface area contributed by atoms with Crippen LogP contribution >= 0.6 is 23.4 Å².